The summed E-state index contributed by atoms with van der Waals surface area (Å²) in [7, 11) is 0. The molecule has 0 unspecified atom stereocenters. The number of nitrogens with one attached hydrogen (secondary N) is 1. The molecule has 184 valence electrons. The Balaban J connectivity index is 1.56. The second kappa shape index (κ2) is 8.33. The summed E-state index contributed by atoms with van der Waals surface area (Å²) in [4.78, 5) is 30.1. The van der Waals surface area contributed by atoms with E-state index in [1.54, 1.807) is 4.68 Å². The number of amides is 1. The zero-order valence-electron chi connectivity index (χ0n) is 20.7. The molecule has 2 aliphatic carbocycles. The number of esters is 1. The van der Waals surface area contributed by atoms with Gasteiger partial charge in [-0.1, -0.05) is 41.5 Å². The second-order valence-corrected chi connectivity index (χ2v) is 11.6. The molecule has 4 rings (SSSR count). The summed E-state index contributed by atoms with van der Waals surface area (Å²) in [5, 5.41) is 19.4. The first kappa shape index (κ1) is 24.1. The first-order chi connectivity index (χ1) is 15.8. The molecule has 2 aromatic rings. The molecule has 2 aliphatic rings. The maximum absolute atomic E-state index is 13.4. The van der Waals surface area contributed by atoms with Gasteiger partial charge in [-0.15, -0.1) is 0 Å². The highest BCUT2D eigenvalue weighted by Crippen LogP contribution is 2.57. The van der Waals surface area contributed by atoms with Crippen molar-refractivity contribution in [3.05, 3.63) is 40.7 Å². The molecule has 0 aromatic carbocycles. The van der Waals surface area contributed by atoms with Crippen molar-refractivity contribution in [2.75, 3.05) is 6.61 Å². The third kappa shape index (κ3) is 4.64. The summed E-state index contributed by atoms with van der Waals surface area (Å²) in [6, 6.07) is -1.22. The Labute approximate surface area is 199 Å². The quantitative estimate of drug-likeness (QED) is 0.371. The molecule has 0 aliphatic heterocycles. The van der Waals surface area contributed by atoms with Crippen LogP contribution < -0.4 is 15.8 Å². The van der Waals surface area contributed by atoms with Crippen molar-refractivity contribution in [3.8, 4) is 5.82 Å². The zero-order valence-corrected chi connectivity index (χ0v) is 20.7. The van der Waals surface area contributed by atoms with Gasteiger partial charge in [-0.25, -0.2) is 9.67 Å². The van der Waals surface area contributed by atoms with Crippen LogP contribution in [0.1, 0.15) is 75.6 Å². The highest BCUT2D eigenvalue weighted by molar-refractivity contribution is 5.94. The van der Waals surface area contributed by atoms with E-state index in [9.17, 15) is 14.8 Å². The fourth-order valence-corrected chi connectivity index (χ4v) is 4.29. The minimum absolute atomic E-state index is 0.00241. The number of aromatic nitrogens is 4. The van der Waals surface area contributed by atoms with Crippen LogP contribution in [-0.4, -0.2) is 45.3 Å². The number of carbonyl (C=O) groups excluding carboxylic acids is 2. The van der Waals surface area contributed by atoms with E-state index >= 15 is 0 Å². The topological polar surface area (TPSA) is 139 Å². The maximum Gasteiger partial charge on any atom is 0.323 e. The van der Waals surface area contributed by atoms with Gasteiger partial charge in [0.15, 0.2) is 11.9 Å². The minimum atomic E-state index is -0.767. The fourth-order valence-electron chi connectivity index (χ4n) is 4.29. The van der Waals surface area contributed by atoms with Crippen molar-refractivity contribution < 1.29 is 19.1 Å². The van der Waals surface area contributed by atoms with E-state index < -0.39 is 23.5 Å². The highest BCUT2D eigenvalue weighted by Gasteiger charge is 2.50. The average Bonchev–Trinajstić information content (AvgIpc) is 3.23. The highest BCUT2D eigenvalue weighted by atomic mass is 16.5. The van der Waals surface area contributed by atoms with Gasteiger partial charge in [0.25, 0.3) is 5.91 Å². The number of nitrogens with two attached hydrogens (primary N) is 1. The maximum atomic E-state index is 13.4. The van der Waals surface area contributed by atoms with Gasteiger partial charge in [-0.05, 0) is 29.6 Å². The Hall–Kier alpha value is -3.01. The van der Waals surface area contributed by atoms with Crippen LogP contribution in [0.4, 0.5) is 0 Å². The van der Waals surface area contributed by atoms with E-state index in [0.29, 0.717) is 28.1 Å². The van der Waals surface area contributed by atoms with Crippen molar-refractivity contribution in [2.24, 2.45) is 22.5 Å². The lowest BCUT2D eigenvalue weighted by atomic mass is 9.86. The van der Waals surface area contributed by atoms with E-state index in [0.717, 1.165) is 24.1 Å². The van der Waals surface area contributed by atoms with E-state index in [4.69, 9.17) is 10.5 Å². The standard InChI is InChI=1S/C24H34N6O4/c1-23(2,3)16(12-34-22(32)20(25)24(4,5)6)27-21(31)18-15-10-13-9-14(13)19(15)30(28-18)17-11-29(33)8-7-26-17/h7-8,11,13-14,16,20H,9-10,12,25H2,1-6H3,(H,27,31)/t13-,14-,16+,20+/m0/s1. The van der Waals surface area contributed by atoms with Crippen molar-refractivity contribution >= 4 is 11.9 Å². The van der Waals surface area contributed by atoms with Crippen LogP contribution in [0.15, 0.2) is 18.6 Å². The normalized spacial score (nSPS) is 20.8. The molecular formula is C24H34N6O4. The molecule has 2 heterocycles. The Morgan fingerprint density at radius 3 is 2.62 bits per heavy atom. The number of nitrogens with zero attached hydrogens (tertiary/aromatic N) is 4. The van der Waals surface area contributed by atoms with Crippen molar-refractivity contribution in [1.82, 2.24) is 20.1 Å². The lowest BCUT2D eigenvalue weighted by Gasteiger charge is -2.32. The van der Waals surface area contributed by atoms with E-state index in [2.05, 4.69) is 15.4 Å². The van der Waals surface area contributed by atoms with E-state index in [1.165, 1.54) is 18.6 Å². The zero-order chi connectivity index (χ0) is 25.0. The molecule has 1 amide bonds. The molecule has 0 saturated heterocycles. The van der Waals surface area contributed by atoms with Crippen molar-refractivity contribution in [3.63, 3.8) is 0 Å². The molecule has 0 radical (unpaired) electrons. The number of fused-ring (bicyclic) bond motifs is 3. The number of rotatable bonds is 6. The van der Waals surface area contributed by atoms with E-state index in [-0.39, 0.29) is 17.9 Å². The summed E-state index contributed by atoms with van der Waals surface area (Å²) in [5.74, 6) is 0.398. The van der Waals surface area contributed by atoms with Gasteiger partial charge in [-0.3, -0.25) is 9.59 Å². The molecule has 4 atom stereocenters. The van der Waals surface area contributed by atoms with Crippen LogP contribution in [-0.2, 0) is 16.0 Å². The van der Waals surface area contributed by atoms with Crippen molar-refractivity contribution in [2.45, 2.75) is 72.4 Å². The molecule has 2 aromatic heterocycles. The molecule has 0 spiro atoms. The fraction of sp³-hybridized carbons (Fsp3) is 0.625. The molecule has 1 saturated carbocycles. The van der Waals surface area contributed by atoms with Crippen LogP contribution in [0.5, 0.6) is 0 Å². The van der Waals surface area contributed by atoms with Crippen LogP contribution in [0.3, 0.4) is 0 Å². The predicted octanol–water partition coefficient (Wildman–Crippen LogP) is 1.62. The van der Waals surface area contributed by atoms with Crippen LogP contribution in [0, 0.1) is 22.0 Å². The molecule has 0 bridgehead atoms. The van der Waals surface area contributed by atoms with Gasteiger partial charge in [0.05, 0.1) is 17.9 Å². The number of carbonyl (C=O) groups is 2. The Bertz CT molecular complexity index is 1110. The van der Waals surface area contributed by atoms with Crippen LogP contribution in [0.2, 0.25) is 0 Å². The lowest BCUT2D eigenvalue weighted by Crippen LogP contribution is -2.49. The SMILES string of the molecule is CC(C)(C)[C@H](N)C(=O)OC[C@@H](NC(=O)c1nn(-c2c[n+]([O-])ccn2)c2c1C[C@@H]1C[C@H]21)C(C)(C)C. The molecule has 10 nitrogen and oxygen atoms in total. The molecule has 1 fully saturated rings. The molecule has 10 heteroatoms. The van der Waals surface area contributed by atoms with E-state index in [1.807, 2.05) is 41.5 Å². The van der Waals surface area contributed by atoms with Crippen LogP contribution in [0.25, 0.3) is 5.82 Å². The second-order valence-electron chi connectivity index (χ2n) is 11.6. The third-order valence-corrected chi connectivity index (χ3v) is 6.79. The summed E-state index contributed by atoms with van der Waals surface area (Å²) in [6.45, 7) is 11.5. The number of hydrogen-bond donors (Lipinski definition) is 2. The predicted molar refractivity (Wildman–Crippen MR) is 124 cm³/mol. The van der Waals surface area contributed by atoms with Gasteiger partial charge in [-0.2, -0.15) is 9.83 Å². The van der Waals surface area contributed by atoms with Gasteiger partial charge in [0, 0.05) is 11.5 Å². The van der Waals surface area contributed by atoms with Gasteiger partial charge < -0.3 is 21.0 Å². The first-order valence-electron chi connectivity index (χ1n) is 11.7. The smallest absolute Gasteiger partial charge is 0.323 e. The molecule has 3 N–H and O–H groups in total. The van der Waals surface area contributed by atoms with Gasteiger partial charge in [0.1, 0.15) is 12.6 Å². The summed E-state index contributed by atoms with van der Waals surface area (Å²) in [5.41, 5.74) is 7.41. The summed E-state index contributed by atoms with van der Waals surface area (Å²) >= 11 is 0. The summed E-state index contributed by atoms with van der Waals surface area (Å²) < 4.78 is 7.81. The lowest BCUT2D eigenvalue weighted by molar-refractivity contribution is -0.605. The Morgan fingerprint density at radius 1 is 1.29 bits per heavy atom. The molecular weight excluding hydrogens is 436 g/mol. The minimum Gasteiger partial charge on any atom is -0.619 e. The molecule has 34 heavy (non-hydrogen) atoms. The van der Waals surface area contributed by atoms with Gasteiger partial charge in [0.2, 0.25) is 12.0 Å². The number of hydrogen-bond acceptors (Lipinski definition) is 7. The Morgan fingerprint density at radius 2 is 2.00 bits per heavy atom. The number of ether oxygens (including phenoxy) is 1. The first-order valence-corrected chi connectivity index (χ1v) is 11.7. The summed E-state index contributed by atoms with van der Waals surface area (Å²) in [6.07, 6.45) is 5.91. The van der Waals surface area contributed by atoms with Crippen LogP contribution >= 0.6 is 0 Å². The monoisotopic (exact) mass is 470 g/mol. The van der Waals surface area contributed by atoms with Crippen molar-refractivity contribution in [1.29, 1.82) is 0 Å². The third-order valence-electron chi connectivity index (χ3n) is 6.79. The Kier molecular flexibility index (Phi) is 5.91. The van der Waals surface area contributed by atoms with Gasteiger partial charge >= 0.3 is 5.97 Å². The average molecular weight is 471 g/mol. The largest absolute Gasteiger partial charge is 0.619 e.